The van der Waals surface area contributed by atoms with E-state index < -0.39 is 36.5 Å². The average Bonchev–Trinajstić information content (AvgIpc) is 3.15. The molecule has 0 aliphatic carbocycles. The van der Waals surface area contributed by atoms with Crippen LogP contribution >= 0.6 is 0 Å². The lowest BCUT2D eigenvalue weighted by Crippen LogP contribution is -2.34. The van der Waals surface area contributed by atoms with Gasteiger partial charge in [0.15, 0.2) is 12.5 Å². The fourth-order valence-electron chi connectivity index (χ4n) is 3.00. The number of rotatable bonds is 3. The van der Waals surface area contributed by atoms with Gasteiger partial charge in [0, 0.05) is 24.2 Å². The molecule has 5 atom stereocenters. The Morgan fingerprint density at radius 1 is 1.17 bits per heavy atom. The number of hydrogen-bond acceptors (Lipinski definition) is 8. The highest BCUT2D eigenvalue weighted by Crippen LogP contribution is 2.43. The normalized spacial score (nSPS) is 32.0. The van der Waals surface area contributed by atoms with Gasteiger partial charge in [-0.3, -0.25) is 9.55 Å². The molecular weight excluding hydrogens is 316 g/mol. The van der Waals surface area contributed by atoms with Crippen molar-refractivity contribution in [3.8, 4) is 0 Å². The zero-order valence-electron chi connectivity index (χ0n) is 12.6. The third-order valence-electron chi connectivity index (χ3n) is 4.13. The molecule has 24 heavy (non-hydrogen) atoms. The Kier molecular flexibility index (Phi) is 3.77. The molecule has 2 aliphatic rings. The first-order chi connectivity index (χ1) is 11.7. The lowest BCUT2D eigenvalue weighted by molar-refractivity contribution is -0.155. The fraction of sp³-hybridized carbons (Fsp3) is 0.400. The maximum Gasteiger partial charge on any atom is 0.351 e. The molecule has 2 aromatic rings. The number of hydrogen-bond donors (Lipinski definition) is 2. The molecule has 2 aliphatic heterocycles. The van der Waals surface area contributed by atoms with Gasteiger partial charge in [0.1, 0.15) is 24.1 Å². The van der Waals surface area contributed by atoms with Crippen LogP contribution in [0.1, 0.15) is 18.1 Å². The minimum Gasteiger partial charge on any atom is -0.394 e. The van der Waals surface area contributed by atoms with Crippen LogP contribution in [0.15, 0.2) is 41.6 Å². The number of fused-ring (bicyclic) bond motifs is 1. The van der Waals surface area contributed by atoms with Crippen molar-refractivity contribution < 1.29 is 19.3 Å². The molecule has 0 spiro atoms. The number of pyridine rings is 1. The Bertz CT molecular complexity index is 783. The first-order valence-corrected chi connectivity index (χ1v) is 7.49. The molecule has 0 saturated carbocycles. The van der Waals surface area contributed by atoms with Crippen LogP contribution in [-0.2, 0) is 14.2 Å². The number of nitrogen functional groups attached to an aromatic ring is 1. The monoisotopic (exact) mass is 332 g/mol. The predicted octanol–water partition coefficient (Wildman–Crippen LogP) is -0.407. The van der Waals surface area contributed by atoms with Crippen LogP contribution in [0.5, 0.6) is 0 Å². The zero-order valence-corrected chi connectivity index (χ0v) is 12.6. The minimum atomic E-state index is -0.750. The van der Waals surface area contributed by atoms with E-state index in [0.717, 1.165) is 5.56 Å². The van der Waals surface area contributed by atoms with Crippen molar-refractivity contribution >= 4 is 5.82 Å². The molecule has 5 unspecified atom stereocenters. The molecule has 0 bridgehead atoms. The van der Waals surface area contributed by atoms with Crippen LogP contribution in [0.2, 0.25) is 0 Å². The van der Waals surface area contributed by atoms with E-state index in [2.05, 4.69) is 9.97 Å². The van der Waals surface area contributed by atoms with Gasteiger partial charge in [-0.1, -0.05) is 0 Å². The first kappa shape index (κ1) is 15.2. The molecule has 2 aromatic heterocycles. The summed E-state index contributed by atoms with van der Waals surface area (Å²) in [6, 6.07) is 5.07. The molecule has 4 heterocycles. The Labute approximate surface area is 136 Å². The van der Waals surface area contributed by atoms with E-state index in [1.807, 2.05) is 0 Å². The third-order valence-corrected chi connectivity index (χ3v) is 4.13. The van der Waals surface area contributed by atoms with E-state index in [0.29, 0.717) is 0 Å². The molecule has 0 aromatic carbocycles. The number of ether oxygens (including phenoxy) is 3. The minimum absolute atomic E-state index is 0.128. The van der Waals surface area contributed by atoms with E-state index in [-0.39, 0.29) is 12.4 Å². The van der Waals surface area contributed by atoms with Crippen molar-refractivity contribution in [2.75, 3.05) is 12.3 Å². The maximum atomic E-state index is 12.1. The fourth-order valence-corrected chi connectivity index (χ4v) is 3.00. The van der Waals surface area contributed by atoms with Gasteiger partial charge in [0.2, 0.25) is 0 Å². The second-order valence-corrected chi connectivity index (χ2v) is 5.60. The molecule has 4 rings (SSSR count). The maximum absolute atomic E-state index is 12.1. The quantitative estimate of drug-likeness (QED) is 0.778. The highest BCUT2D eigenvalue weighted by Gasteiger charge is 2.53. The van der Waals surface area contributed by atoms with Crippen LogP contribution < -0.4 is 11.4 Å². The summed E-state index contributed by atoms with van der Waals surface area (Å²) in [7, 11) is 0. The smallest absolute Gasteiger partial charge is 0.351 e. The van der Waals surface area contributed by atoms with Crippen molar-refractivity contribution in [3.63, 3.8) is 0 Å². The van der Waals surface area contributed by atoms with Crippen molar-refractivity contribution in [1.29, 1.82) is 0 Å². The highest BCUT2D eigenvalue weighted by atomic mass is 16.8. The van der Waals surface area contributed by atoms with Crippen LogP contribution in [-0.4, -0.2) is 44.6 Å². The first-order valence-electron chi connectivity index (χ1n) is 7.49. The molecular formula is C15H16N4O5. The Morgan fingerprint density at radius 2 is 1.92 bits per heavy atom. The Morgan fingerprint density at radius 3 is 2.62 bits per heavy atom. The van der Waals surface area contributed by atoms with Crippen LogP contribution in [0.4, 0.5) is 5.82 Å². The second-order valence-electron chi connectivity index (χ2n) is 5.60. The summed E-state index contributed by atoms with van der Waals surface area (Å²) in [6.07, 6.45) is 1.77. The Balaban J connectivity index is 1.65. The molecule has 126 valence electrons. The van der Waals surface area contributed by atoms with Gasteiger partial charge in [-0.2, -0.15) is 4.98 Å². The summed E-state index contributed by atoms with van der Waals surface area (Å²) in [6.45, 7) is -0.249. The van der Waals surface area contributed by atoms with Crippen molar-refractivity contribution in [2.24, 2.45) is 0 Å². The van der Waals surface area contributed by atoms with E-state index in [1.165, 1.54) is 16.8 Å². The van der Waals surface area contributed by atoms with E-state index in [1.54, 1.807) is 24.5 Å². The number of nitrogens with two attached hydrogens (primary N) is 1. The van der Waals surface area contributed by atoms with Gasteiger partial charge in [0.25, 0.3) is 0 Å². The van der Waals surface area contributed by atoms with Crippen molar-refractivity contribution in [3.05, 3.63) is 52.8 Å². The summed E-state index contributed by atoms with van der Waals surface area (Å²) in [5, 5.41) is 9.55. The van der Waals surface area contributed by atoms with E-state index >= 15 is 0 Å². The Hall–Kier alpha value is -2.33. The topological polar surface area (TPSA) is 122 Å². The van der Waals surface area contributed by atoms with Gasteiger partial charge >= 0.3 is 5.69 Å². The van der Waals surface area contributed by atoms with Crippen molar-refractivity contribution in [2.45, 2.75) is 30.8 Å². The number of aromatic nitrogens is 3. The van der Waals surface area contributed by atoms with Gasteiger partial charge in [0.05, 0.1) is 6.61 Å². The lowest BCUT2D eigenvalue weighted by atomic mass is 10.1. The predicted molar refractivity (Wildman–Crippen MR) is 80.6 cm³/mol. The standard InChI is InChI=1S/C15H16N4O5/c16-10-3-6-19(15(21)18-10)13-12-11(9(7-20)22-13)23-14(24-12)8-1-4-17-5-2-8/h1-6,9,11-14,20H,7H2,(H2,16,18,21). The molecule has 2 fully saturated rings. The summed E-state index contributed by atoms with van der Waals surface area (Å²) in [5.41, 5.74) is 5.77. The molecule has 3 N–H and O–H groups in total. The second kappa shape index (κ2) is 5.95. The largest absolute Gasteiger partial charge is 0.394 e. The van der Waals surface area contributed by atoms with Gasteiger partial charge in [-0.25, -0.2) is 4.79 Å². The van der Waals surface area contributed by atoms with E-state index in [9.17, 15) is 9.90 Å². The highest BCUT2D eigenvalue weighted by molar-refractivity contribution is 5.23. The van der Waals surface area contributed by atoms with E-state index in [4.69, 9.17) is 19.9 Å². The SMILES string of the molecule is Nc1ccn(C2OC(CO)C3OC(c4ccncc4)OC32)c(=O)n1. The van der Waals surface area contributed by atoms with Gasteiger partial charge in [-0.05, 0) is 18.2 Å². The summed E-state index contributed by atoms with van der Waals surface area (Å²) in [5.74, 6) is 0.128. The number of aliphatic hydroxyl groups is 1. The number of nitrogens with zero attached hydrogens (tertiary/aromatic N) is 3. The van der Waals surface area contributed by atoms with Gasteiger partial charge in [-0.15, -0.1) is 0 Å². The van der Waals surface area contributed by atoms with Crippen molar-refractivity contribution in [1.82, 2.24) is 14.5 Å². The zero-order chi connectivity index (χ0) is 16.7. The molecule has 9 nitrogen and oxygen atoms in total. The molecule has 9 heteroatoms. The third kappa shape index (κ3) is 2.47. The lowest BCUT2D eigenvalue weighted by Gasteiger charge is -2.20. The van der Waals surface area contributed by atoms with Crippen LogP contribution in [0.3, 0.4) is 0 Å². The molecule has 0 radical (unpaired) electrons. The summed E-state index contributed by atoms with van der Waals surface area (Å²) >= 11 is 0. The van der Waals surface area contributed by atoms with Gasteiger partial charge < -0.3 is 25.1 Å². The van der Waals surface area contributed by atoms with Crippen LogP contribution in [0.25, 0.3) is 0 Å². The summed E-state index contributed by atoms with van der Waals surface area (Å²) < 4.78 is 18.9. The molecule has 2 saturated heterocycles. The summed E-state index contributed by atoms with van der Waals surface area (Å²) in [4.78, 5) is 19.7. The average molecular weight is 332 g/mol. The molecule has 0 amide bonds. The number of anilines is 1. The number of aliphatic hydroxyl groups excluding tert-OH is 1. The van der Waals surface area contributed by atoms with Crippen LogP contribution in [0, 0.1) is 0 Å².